The van der Waals surface area contributed by atoms with E-state index >= 15 is 0 Å². The highest BCUT2D eigenvalue weighted by atomic mass is 15.0. The van der Waals surface area contributed by atoms with E-state index in [1.807, 2.05) is 0 Å². The molecule has 3 unspecified atom stereocenters. The first-order valence-corrected chi connectivity index (χ1v) is 7.59. The topological polar surface area (TPSA) is 12.0 Å². The van der Waals surface area contributed by atoms with Crippen molar-refractivity contribution in [2.45, 2.75) is 72.8 Å². The monoisotopic (exact) mass is 237 g/mol. The molecule has 0 saturated heterocycles. The molecule has 0 heterocycles. The van der Waals surface area contributed by atoms with E-state index in [4.69, 9.17) is 0 Å². The summed E-state index contributed by atoms with van der Waals surface area (Å²) in [5.74, 6) is 1.82. The molecule has 1 heteroatoms. The average molecular weight is 237 g/mol. The summed E-state index contributed by atoms with van der Waals surface area (Å²) in [5, 5.41) is 3.90. The van der Waals surface area contributed by atoms with Gasteiger partial charge >= 0.3 is 0 Å². The Kier molecular flexibility index (Phi) is 3.60. The number of nitrogens with one attached hydrogen (secondary N) is 1. The minimum Gasteiger partial charge on any atom is -0.313 e. The number of hydrogen-bond acceptors (Lipinski definition) is 1. The third-order valence-corrected chi connectivity index (χ3v) is 5.58. The highest BCUT2D eigenvalue weighted by Gasteiger charge is 2.58. The summed E-state index contributed by atoms with van der Waals surface area (Å²) in [6.45, 7) is 13.4. The molecule has 1 nitrogen and oxygen atoms in total. The van der Waals surface area contributed by atoms with Crippen LogP contribution in [-0.2, 0) is 0 Å². The lowest BCUT2D eigenvalue weighted by molar-refractivity contribution is 0.109. The fourth-order valence-electron chi connectivity index (χ4n) is 4.57. The van der Waals surface area contributed by atoms with Crippen LogP contribution in [0.1, 0.15) is 66.7 Å². The molecule has 1 N–H and O–H groups in total. The molecule has 0 aromatic carbocycles. The van der Waals surface area contributed by atoms with Crippen LogP contribution in [0, 0.1) is 22.7 Å². The summed E-state index contributed by atoms with van der Waals surface area (Å²) in [6.07, 6.45) is 7.07. The summed E-state index contributed by atoms with van der Waals surface area (Å²) >= 11 is 0. The van der Waals surface area contributed by atoms with Gasteiger partial charge < -0.3 is 5.32 Å². The Morgan fingerprint density at radius 1 is 1.24 bits per heavy atom. The lowest BCUT2D eigenvalue weighted by atomic mass is 9.68. The van der Waals surface area contributed by atoms with Crippen molar-refractivity contribution in [3.8, 4) is 0 Å². The quantitative estimate of drug-likeness (QED) is 0.706. The zero-order valence-electron chi connectivity index (χ0n) is 12.5. The first-order chi connectivity index (χ1) is 7.86. The summed E-state index contributed by atoms with van der Waals surface area (Å²) < 4.78 is 0. The molecule has 2 rings (SSSR count). The van der Waals surface area contributed by atoms with Crippen LogP contribution >= 0.6 is 0 Å². The molecular formula is C16H31N. The molecule has 0 amide bonds. The fourth-order valence-corrected chi connectivity index (χ4v) is 4.57. The minimum absolute atomic E-state index is 0.519. The fraction of sp³-hybridized carbons (Fsp3) is 1.00. The summed E-state index contributed by atoms with van der Waals surface area (Å²) in [5.41, 5.74) is 1.11. The standard InChI is InChI=1S/C16H31N/c1-12(2)7-6-10-17-14-15(3,4)13-8-9-16(14,5)11-13/h12-14,17H,6-11H2,1-5H3. The normalized spacial score (nSPS) is 39.2. The van der Waals surface area contributed by atoms with Crippen molar-refractivity contribution >= 4 is 0 Å². The predicted octanol–water partition coefficient (Wildman–Crippen LogP) is 4.23. The second kappa shape index (κ2) is 4.57. The molecule has 3 atom stereocenters. The van der Waals surface area contributed by atoms with Crippen LogP contribution in [0.2, 0.25) is 0 Å². The average Bonchev–Trinajstić information content (AvgIpc) is 2.67. The molecule has 0 aliphatic heterocycles. The molecule has 2 aliphatic rings. The van der Waals surface area contributed by atoms with E-state index < -0.39 is 0 Å². The van der Waals surface area contributed by atoms with Gasteiger partial charge in [-0.3, -0.25) is 0 Å². The van der Waals surface area contributed by atoms with Crippen LogP contribution in [0.25, 0.3) is 0 Å². The minimum atomic E-state index is 0.519. The molecular weight excluding hydrogens is 206 g/mol. The molecule has 2 saturated carbocycles. The molecule has 0 aromatic rings. The van der Waals surface area contributed by atoms with Gasteiger partial charge in [0.15, 0.2) is 0 Å². The van der Waals surface area contributed by atoms with Gasteiger partial charge in [-0.25, -0.2) is 0 Å². The van der Waals surface area contributed by atoms with E-state index in [-0.39, 0.29) is 0 Å². The van der Waals surface area contributed by atoms with Crippen LogP contribution in [-0.4, -0.2) is 12.6 Å². The third kappa shape index (κ3) is 2.41. The van der Waals surface area contributed by atoms with Gasteiger partial charge in [-0.2, -0.15) is 0 Å². The Labute approximate surface area is 108 Å². The zero-order chi connectivity index (χ0) is 12.7. The lowest BCUT2D eigenvalue weighted by Gasteiger charge is -2.43. The molecule has 0 spiro atoms. The van der Waals surface area contributed by atoms with Crippen LogP contribution in [0.15, 0.2) is 0 Å². The second-order valence-electron chi connectivity index (χ2n) is 7.84. The van der Waals surface area contributed by atoms with Gasteiger partial charge in [0.2, 0.25) is 0 Å². The maximum atomic E-state index is 3.90. The maximum absolute atomic E-state index is 3.90. The molecule has 100 valence electrons. The van der Waals surface area contributed by atoms with E-state index in [0.717, 1.165) is 17.9 Å². The molecule has 2 fully saturated rings. The summed E-state index contributed by atoms with van der Waals surface area (Å²) in [6, 6.07) is 0.751. The van der Waals surface area contributed by atoms with Crippen molar-refractivity contribution in [1.29, 1.82) is 0 Å². The Balaban J connectivity index is 1.87. The van der Waals surface area contributed by atoms with Crippen molar-refractivity contribution in [3.05, 3.63) is 0 Å². The SMILES string of the molecule is CC(C)CCCNC1C2(C)CCC(C2)C1(C)C. The van der Waals surface area contributed by atoms with Crippen molar-refractivity contribution in [2.24, 2.45) is 22.7 Å². The van der Waals surface area contributed by atoms with E-state index in [1.165, 1.54) is 38.6 Å². The Morgan fingerprint density at radius 2 is 1.94 bits per heavy atom. The largest absolute Gasteiger partial charge is 0.313 e. The molecule has 2 bridgehead atoms. The number of fused-ring (bicyclic) bond motifs is 2. The molecule has 0 radical (unpaired) electrons. The smallest absolute Gasteiger partial charge is 0.0175 e. The highest BCUT2D eigenvalue weighted by Crippen LogP contribution is 2.62. The van der Waals surface area contributed by atoms with Gasteiger partial charge in [0, 0.05) is 6.04 Å². The molecule has 0 aromatic heterocycles. The van der Waals surface area contributed by atoms with Gasteiger partial charge in [0.05, 0.1) is 0 Å². The predicted molar refractivity (Wildman–Crippen MR) is 75.1 cm³/mol. The number of rotatable bonds is 5. The van der Waals surface area contributed by atoms with Crippen molar-refractivity contribution in [1.82, 2.24) is 5.32 Å². The van der Waals surface area contributed by atoms with Crippen molar-refractivity contribution in [3.63, 3.8) is 0 Å². The van der Waals surface area contributed by atoms with E-state index in [1.54, 1.807) is 0 Å². The van der Waals surface area contributed by atoms with Crippen molar-refractivity contribution in [2.75, 3.05) is 6.54 Å². The van der Waals surface area contributed by atoms with Gasteiger partial charge in [-0.15, -0.1) is 0 Å². The second-order valence-corrected chi connectivity index (χ2v) is 7.84. The van der Waals surface area contributed by atoms with Crippen LogP contribution in [0.4, 0.5) is 0 Å². The first-order valence-electron chi connectivity index (χ1n) is 7.59. The maximum Gasteiger partial charge on any atom is 0.0175 e. The van der Waals surface area contributed by atoms with Crippen LogP contribution in [0.5, 0.6) is 0 Å². The number of hydrogen-bond donors (Lipinski definition) is 1. The van der Waals surface area contributed by atoms with Gasteiger partial charge in [-0.05, 0) is 61.3 Å². The van der Waals surface area contributed by atoms with Crippen molar-refractivity contribution < 1.29 is 0 Å². The molecule has 2 aliphatic carbocycles. The Bertz CT molecular complexity index is 264. The third-order valence-electron chi connectivity index (χ3n) is 5.58. The highest BCUT2D eigenvalue weighted by molar-refractivity contribution is 5.11. The van der Waals surface area contributed by atoms with Gasteiger partial charge in [0.1, 0.15) is 0 Å². The zero-order valence-corrected chi connectivity index (χ0v) is 12.5. The van der Waals surface area contributed by atoms with E-state index in [9.17, 15) is 0 Å². The first kappa shape index (κ1) is 13.4. The summed E-state index contributed by atoms with van der Waals surface area (Å²) in [7, 11) is 0. The Morgan fingerprint density at radius 3 is 2.47 bits per heavy atom. The van der Waals surface area contributed by atoms with E-state index in [2.05, 4.69) is 39.9 Å². The van der Waals surface area contributed by atoms with Crippen LogP contribution in [0.3, 0.4) is 0 Å². The van der Waals surface area contributed by atoms with Crippen LogP contribution < -0.4 is 5.32 Å². The Hall–Kier alpha value is -0.0400. The molecule has 17 heavy (non-hydrogen) atoms. The van der Waals surface area contributed by atoms with Gasteiger partial charge in [-0.1, -0.05) is 34.6 Å². The summed E-state index contributed by atoms with van der Waals surface area (Å²) in [4.78, 5) is 0. The van der Waals surface area contributed by atoms with Gasteiger partial charge in [0.25, 0.3) is 0 Å². The van der Waals surface area contributed by atoms with E-state index in [0.29, 0.717) is 10.8 Å². The lowest BCUT2D eigenvalue weighted by Crippen LogP contribution is -2.50.